The second-order valence-electron chi connectivity index (χ2n) is 0.0714. The van der Waals surface area contributed by atoms with Crippen LogP contribution >= 0.6 is 18.6 Å². The van der Waals surface area contributed by atoms with Crippen molar-refractivity contribution in [3.63, 3.8) is 0 Å². The summed E-state index contributed by atoms with van der Waals surface area (Å²) in [5.41, 5.74) is 0. The van der Waals surface area contributed by atoms with Gasteiger partial charge in [-0.1, -0.05) is 0 Å². The van der Waals surface area contributed by atoms with Gasteiger partial charge in [-0.15, -0.1) is 0 Å². The van der Waals surface area contributed by atoms with Crippen LogP contribution < -0.4 is 0 Å². The van der Waals surface area contributed by atoms with Gasteiger partial charge < -0.3 is 10.8 Å². The average molecular weight is 175 g/mol. The van der Waals surface area contributed by atoms with Crippen molar-refractivity contribution < 1.29 is 17.0 Å². The Balaban J connectivity index is -0.0000000360. The maximum absolute atomic E-state index is 6.75. The summed E-state index contributed by atoms with van der Waals surface area (Å²) in [4.78, 5) is 0. The number of nitrogens with zero attached hydrogens (tertiary/aromatic N) is 2. The van der Waals surface area contributed by atoms with Gasteiger partial charge in [-0.3, -0.25) is 0 Å². The Morgan fingerprint density at radius 2 is 1.00 bits per heavy atom. The van der Waals surface area contributed by atoms with Crippen molar-refractivity contribution in [1.29, 1.82) is 0 Å². The Morgan fingerprint density at radius 1 is 1.00 bits per heavy atom. The standard InChI is InChI=1S/2CH2N.2ClH.Ti/c2*1-2;;;/h2*1H2;2*1H;/q2*-1;;;+2/p-2. The van der Waals surface area contributed by atoms with Gasteiger partial charge in [-0.05, 0) is 0 Å². The van der Waals surface area contributed by atoms with Crippen molar-refractivity contribution in [3.05, 3.63) is 10.8 Å². The van der Waals surface area contributed by atoms with Gasteiger partial charge in [0.15, 0.2) is 0 Å². The third-order valence-corrected chi connectivity index (χ3v) is 0. The van der Waals surface area contributed by atoms with E-state index < -0.39 is 17.0 Å². The molecule has 0 saturated heterocycles. The molecule has 0 aliphatic heterocycles. The van der Waals surface area contributed by atoms with Crippen molar-refractivity contribution in [2.75, 3.05) is 0 Å². The molecular weight excluding hydrogens is 171 g/mol. The Kier molecular flexibility index (Phi) is 176. The third kappa shape index (κ3) is 354. The SMILES string of the molecule is C=[N-].C=[N-].[Cl][Ti][Cl]. The molecule has 0 aliphatic rings. The van der Waals surface area contributed by atoms with Gasteiger partial charge in [0.1, 0.15) is 0 Å². The molecule has 0 radical (unpaired) electrons. The topological polar surface area (TPSA) is 44.6 Å². The van der Waals surface area contributed by atoms with Crippen LogP contribution in [-0.2, 0) is 17.0 Å². The van der Waals surface area contributed by atoms with E-state index in [9.17, 15) is 0 Å². The van der Waals surface area contributed by atoms with Gasteiger partial charge >= 0.3 is 35.6 Å². The Hall–Kier alpha value is 0.634. The molecule has 2 nitrogen and oxygen atoms in total. The molecule has 0 aromatic heterocycles. The maximum atomic E-state index is 6.75. The van der Waals surface area contributed by atoms with Crippen LogP contribution in [0.5, 0.6) is 0 Å². The van der Waals surface area contributed by atoms with Crippen LogP contribution in [0.1, 0.15) is 0 Å². The van der Waals surface area contributed by atoms with E-state index in [1.54, 1.807) is 0 Å². The minimum atomic E-state index is -0.556. The van der Waals surface area contributed by atoms with Crippen molar-refractivity contribution in [3.8, 4) is 0 Å². The number of hydrogen-bond acceptors (Lipinski definition) is 0. The van der Waals surface area contributed by atoms with Gasteiger partial charge in [0, 0.05) is 0 Å². The number of hydrogen-bond donors (Lipinski definition) is 0. The first-order valence-corrected chi connectivity index (χ1v) is 5.31. The minimum absolute atomic E-state index is 0.556. The van der Waals surface area contributed by atoms with Crippen LogP contribution in [0.25, 0.3) is 10.8 Å². The van der Waals surface area contributed by atoms with E-state index in [0.717, 1.165) is 0 Å². The van der Waals surface area contributed by atoms with Crippen molar-refractivity contribution in [2.24, 2.45) is 0 Å². The normalized spacial score (nSPS) is 3.14. The molecule has 5 heteroatoms. The fourth-order valence-corrected chi connectivity index (χ4v) is 0. The van der Waals surface area contributed by atoms with E-state index >= 15 is 0 Å². The van der Waals surface area contributed by atoms with Crippen molar-refractivity contribution in [1.82, 2.24) is 0 Å². The van der Waals surface area contributed by atoms with Crippen LogP contribution in [-0.4, -0.2) is 13.4 Å². The molecule has 0 N–H and O–H groups in total. The molecule has 0 aromatic carbocycles. The Bertz CT molecular complexity index is 21.2. The first kappa shape index (κ1) is 15.6. The number of halogens is 2. The van der Waals surface area contributed by atoms with E-state index in [-0.39, 0.29) is 0 Å². The zero-order valence-electron chi connectivity index (χ0n) is 3.56. The van der Waals surface area contributed by atoms with Crippen LogP contribution in [0.15, 0.2) is 0 Å². The van der Waals surface area contributed by atoms with Crippen LogP contribution in [0, 0.1) is 0 Å². The van der Waals surface area contributed by atoms with Crippen LogP contribution in [0.4, 0.5) is 0 Å². The second-order valence-corrected chi connectivity index (χ2v) is 2.65. The molecule has 0 amide bonds. The summed E-state index contributed by atoms with van der Waals surface area (Å²) >= 11 is -0.556. The molecule has 0 spiro atoms. The van der Waals surface area contributed by atoms with E-state index in [2.05, 4.69) is 13.4 Å². The zero-order valence-corrected chi connectivity index (χ0v) is 6.64. The fourth-order valence-electron chi connectivity index (χ4n) is 0. The van der Waals surface area contributed by atoms with E-state index in [4.69, 9.17) is 29.4 Å². The summed E-state index contributed by atoms with van der Waals surface area (Å²) in [5.74, 6) is 0. The molecule has 0 atom stereocenters. The first-order valence-electron chi connectivity index (χ1n) is 1.01. The van der Waals surface area contributed by atoms with Gasteiger partial charge in [-0.2, -0.15) is 0 Å². The van der Waals surface area contributed by atoms with Gasteiger partial charge in [0.2, 0.25) is 0 Å². The molecule has 0 saturated carbocycles. The summed E-state index contributed by atoms with van der Waals surface area (Å²) in [6, 6.07) is 0. The monoisotopic (exact) mass is 174 g/mol. The second kappa shape index (κ2) is 78.9. The first-order chi connectivity index (χ1) is 3.41. The predicted molar refractivity (Wildman–Crippen MR) is 32.7 cm³/mol. The summed E-state index contributed by atoms with van der Waals surface area (Å²) < 4.78 is 0. The predicted octanol–water partition coefficient (Wildman–Crippen LogP) is 1.89. The fraction of sp³-hybridized carbons (Fsp3) is 0. The molecular formula is C2H4Cl2N2Ti-2. The molecule has 42 valence electrons. The molecule has 0 heterocycles. The Morgan fingerprint density at radius 3 is 1.00 bits per heavy atom. The van der Waals surface area contributed by atoms with Crippen molar-refractivity contribution in [2.45, 2.75) is 0 Å². The number of rotatable bonds is 0. The summed E-state index contributed by atoms with van der Waals surface area (Å²) in [5, 5.41) is 13.5. The molecule has 0 unspecified atom stereocenters. The van der Waals surface area contributed by atoms with E-state index in [0.29, 0.717) is 0 Å². The average Bonchev–Trinajstić information content (AvgIpc) is 1.78. The summed E-state index contributed by atoms with van der Waals surface area (Å²) in [6.45, 7) is 4.50. The molecule has 0 fully saturated rings. The van der Waals surface area contributed by atoms with Gasteiger partial charge in [-0.25, -0.2) is 13.4 Å². The molecule has 7 heavy (non-hydrogen) atoms. The van der Waals surface area contributed by atoms with E-state index in [1.165, 1.54) is 0 Å². The summed E-state index contributed by atoms with van der Waals surface area (Å²) in [7, 11) is 9.78. The quantitative estimate of drug-likeness (QED) is 0.398. The van der Waals surface area contributed by atoms with Gasteiger partial charge in [0.05, 0.1) is 0 Å². The molecule has 0 aromatic rings. The van der Waals surface area contributed by atoms with Crippen molar-refractivity contribution >= 4 is 32.0 Å². The molecule has 0 rings (SSSR count). The summed E-state index contributed by atoms with van der Waals surface area (Å²) in [6.07, 6.45) is 0. The van der Waals surface area contributed by atoms with Crippen LogP contribution in [0.2, 0.25) is 0 Å². The third-order valence-electron chi connectivity index (χ3n) is 0. The van der Waals surface area contributed by atoms with Crippen LogP contribution in [0.3, 0.4) is 0 Å². The molecule has 0 bridgehead atoms. The van der Waals surface area contributed by atoms with Gasteiger partial charge in [0.25, 0.3) is 0 Å². The zero-order chi connectivity index (χ0) is 6.71. The van der Waals surface area contributed by atoms with E-state index in [1.807, 2.05) is 0 Å². The Labute approximate surface area is 59.9 Å². The molecule has 0 aliphatic carbocycles.